The molecule has 0 saturated carbocycles. The normalized spacial score (nSPS) is 14.9. The average molecular weight is 262 g/mol. The first-order chi connectivity index (χ1) is 9.84. The lowest BCUT2D eigenvalue weighted by Crippen LogP contribution is -1.87. The monoisotopic (exact) mass is 262 g/mol. The number of hydrogen-bond acceptors (Lipinski definition) is 1. The summed E-state index contributed by atoms with van der Waals surface area (Å²) in [6.45, 7) is 0. The Labute approximate surface area is 119 Å². The van der Waals surface area contributed by atoms with Crippen molar-refractivity contribution in [2.24, 2.45) is 0 Å². The first kappa shape index (κ1) is 12.7. The molecule has 1 heteroatoms. The van der Waals surface area contributed by atoms with E-state index < -0.39 is 0 Å². The Balaban J connectivity index is 1.87. The van der Waals surface area contributed by atoms with Crippen LogP contribution in [0, 0.1) is 0 Å². The minimum atomic E-state index is 0.376. The van der Waals surface area contributed by atoms with Crippen molar-refractivity contribution in [1.82, 2.24) is 0 Å². The third-order valence-electron chi connectivity index (χ3n) is 3.67. The Morgan fingerprint density at radius 1 is 1.05 bits per heavy atom. The third kappa shape index (κ3) is 2.67. The predicted octanol–water partition coefficient (Wildman–Crippen LogP) is 4.92. The minimum Gasteiger partial charge on any atom is -0.508 e. The second kappa shape index (κ2) is 5.79. The molecule has 0 unspecified atom stereocenters. The van der Waals surface area contributed by atoms with Crippen molar-refractivity contribution in [3.63, 3.8) is 0 Å². The van der Waals surface area contributed by atoms with Crippen molar-refractivity contribution >= 4 is 10.8 Å². The summed E-state index contributed by atoms with van der Waals surface area (Å²) in [7, 11) is 0. The molecule has 0 amide bonds. The van der Waals surface area contributed by atoms with Gasteiger partial charge >= 0.3 is 0 Å². The number of fused-ring (bicyclic) bond motifs is 1. The number of rotatable bonds is 3. The van der Waals surface area contributed by atoms with Crippen molar-refractivity contribution in [2.45, 2.75) is 19.3 Å². The van der Waals surface area contributed by atoms with Gasteiger partial charge in [-0.1, -0.05) is 60.7 Å². The molecule has 0 aromatic heterocycles. The van der Waals surface area contributed by atoms with E-state index in [-0.39, 0.29) is 0 Å². The highest BCUT2D eigenvalue weighted by molar-refractivity contribution is 5.87. The molecular weight excluding hydrogens is 244 g/mol. The fraction of sp³-hybridized carbons (Fsp3) is 0.158. The van der Waals surface area contributed by atoms with Crippen LogP contribution in [-0.4, -0.2) is 5.11 Å². The maximum Gasteiger partial charge on any atom is 0.119 e. The van der Waals surface area contributed by atoms with E-state index in [2.05, 4.69) is 42.5 Å². The van der Waals surface area contributed by atoms with E-state index >= 15 is 0 Å². The van der Waals surface area contributed by atoms with Crippen molar-refractivity contribution < 1.29 is 5.11 Å². The summed E-state index contributed by atoms with van der Waals surface area (Å²) >= 11 is 0. The van der Waals surface area contributed by atoms with Crippen LogP contribution in [0.2, 0.25) is 0 Å². The third-order valence-corrected chi connectivity index (χ3v) is 3.67. The number of allylic oxidation sites excluding steroid dienone is 6. The highest BCUT2D eigenvalue weighted by atomic mass is 16.3. The number of aromatic hydroxyl groups is 1. The second-order valence-corrected chi connectivity index (χ2v) is 5.07. The molecule has 1 N–H and O–H groups in total. The van der Waals surface area contributed by atoms with Crippen LogP contribution in [0.1, 0.15) is 18.4 Å². The first-order valence-corrected chi connectivity index (χ1v) is 7.07. The smallest absolute Gasteiger partial charge is 0.119 e. The van der Waals surface area contributed by atoms with Crippen molar-refractivity contribution in [1.29, 1.82) is 0 Å². The maximum absolute atomic E-state index is 10.1. The van der Waals surface area contributed by atoms with Gasteiger partial charge in [-0.2, -0.15) is 0 Å². The number of phenols is 1. The highest BCUT2D eigenvalue weighted by Crippen LogP contribution is 2.27. The number of phenolic OH excluding ortho intramolecular Hbond substituents is 1. The van der Waals surface area contributed by atoms with Crippen LogP contribution in [0.4, 0.5) is 0 Å². The van der Waals surface area contributed by atoms with Crippen LogP contribution < -0.4 is 0 Å². The Kier molecular flexibility index (Phi) is 3.69. The van der Waals surface area contributed by atoms with Crippen LogP contribution in [0.25, 0.3) is 10.8 Å². The Morgan fingerprint density at radius 3 is 2.80 bits per heavy atom. The molecule has 3 rings (SSSR count). The van der Waals surface area contributed by atoms with E-state index in [1.165, 1.54) is 11.0 Å². The summed E-state index contributed by atoms with van der Waals surface area (Å²) in [6.07, 6.45) is 13.9. The summed E-state index contributed by atoms with van der Waals surface area (Å²) < 4.78 is 0. The average Bonchev–Trinajstić information content (AvgIpc) is 2.50. The van der Waals surface area contributed by atoms with Crippen LogP contribution in [0.15, 0.2) is 72.4 Å². The van der Waals surface area contributed by atoms with Gasteiger partial charge in [0.1, 0.15) is 5.75 Å². The van der Waals surface area contributed by atoms with Gasteiger partial charge in [0.15, 0.2) is 0 Å². The quantitative estimate of drug-likeness (QED) is 0.832. The predicted molar refractivity (Wildman–Crippen MR) is 84.9 cm³/mol. The molecule has 0 aliphatic heterocycles. The second-order valence-electron chi connectivity index (χ2n) is 5.07. The lowest BCUT2D eigenvalue weighted by molar-refractivity contribution is 0.471. The van der Waals surface area contributed by atoms with Crippen LogP contribution in [0.3, 0.4) is 0 Å². The molecule has 20 heavy (non-hydrogen) atoms. The lowest BCUT2D eigenvalue weighted by atomic mass is 10.00. The molecular formula is C19H18O. The van der Waals surface area contributed by atoms with E-state index in [4.69, 9.17) is 0 Å². The van der Waals surface area contributed by atoms with E-state index in [1.54, 1.807) is 6.07 Å². The molecule has 2 aromatic carbocycles. The molecule has 1 nitrogen and oxygen atoms in total. The summed E-state index contributed by atoms with van der Waals surface area (Å²) in [4.78, 5) is 0. The van der Waals surface area contributed by atoms with Gasteiger partial charge in [-0.3, -0.25) is 0 Å². The van der Waals surface area contributed by atoms with Gasteiger partial charge in [-0.25, -0.2) is 0 Å². The van der Waals surface area contributed by atoms with Gasteiger partial charge in [0.2, 0.25) is 0 Å². The zero-order chi connectivity index (χ0) is 13.8. The molecule has 2 aromatic rings. The molecule has 0 bridgehead atoms. The molecule has 0 heterocycles. The highest BCUT2D eigenvalue weighted by Gasteiger charge is 2.04. The molecule has 0 spiro atoms. The molecule has 0 saturated heterocycles. The van der Waals surface area contributed by atoms with Gasteiger partial charge in [0.25, 0.3) is 0 Å². The summed E-state index contributed by atoms with van der Waals surface area (Å²) in [5.41, 5.74) is 2.26. The fourth-order valence-electron chi connectivity index (χ4n) is 2.61. The topological polar surface area (TPSA) is 20.2 Å². The van der Waals surface area contributed by atoms with E-state index in [0.717, 1.165) is 30.2 Å². The van der Waals surface area contributed by atoms with Gasteiger partial charge in [-0.15, -0.1) is 0 Å². The first-order valence-electron chi connectivity index (χ1n) is 7.07. The van der Waals surface area contributed by atoms with Gasteiger partial charge in [0, 0.05) is 5.56 Å². The SMILES string of the molecule is Oc1ccc2ccccc2c1C/C=C/C1=CCCC=C1. The zero-order valence-corrected chi connectivity index (χ0v) is 11.4. The fourth-order valence-corrected chi connectivity index (χ4v) is 2.61. The Bertz CT molecular complexity index is 705. The van der Waals surface area contributed by atoms with Gasteiger partial charge in [0.05, 0.1) is 0 Å². The lowest BCUT2D eigenvalue weighted by Gasteiger charge is -2.07. The van der Waals surface area contributed by atoms with Crippen LogP contribution >= 0.6 is 0 Å². The van der Waals surface area contributed by atoms with Crippen molar-refractivity contribution in [3.05, 3.63) is 77.9 Å². The number of hydrogen-bond donors (Lipinski definition) is 1. The Hall–Kier alpha value is -2.28. The zero-order valence-electron chi connectivity index (χ0n) is 11.4. The Morgan fingerprint density at radius 2 is 1.95 bits per heavy atom. The van der Waals surface area contributed by atoms with Gasteiger partial charge in [-0.05, 0) is 41.7 Å². The van der Waals surface area contributed by atoms with Crippen molar-refractivity contribution in [3.8, 4) is 5.75 Å². The largest absolute Gasteiger partial charge is 0.508 e. The van der Waals surface area contributed by atoms with Crippen molar-refractivity contribution in [2.75, 3.05) is 0 Å². The van der Waals surface area contributed by atoms with E-state index in [0.29, 0.717) is 5.75 Å². The molecule has 0 fully saturated rings. The molecule has 1 aliphatic rings. The molecule has 1 aliphatic carbocycles. The number of benzene rings is 2. The van der Waals surface area contributed by atoms with Crippen LogP contribution in [-0.2, 0) is 6.42 Å². The van der Waals surface area contributed by atoms with E-state index in [1.807, 2.05) is 18.2 Å². The van der Waals surface area contributed by atoms with E-state index in [9.17, 15) is 5.11 Å². The maximum atomic E-state index is 10.1. The molecule has 100 valence electrons. The summed E-state index contributed by atoms with van der Waals surface area (Å²) in [6, 6.07) is 11.9. The van der Waals surface area contributed by atoms with Crippen LogP contribution in [0.5, 0.6) is 5.75 Å². The van der Waals surface area contributed by atoms with Gasteiger partial charge < -0.3 is 5.11 Å². The molecule has 0 atom stereocenters. The minimum absolute atomic E-state index is 0.376. The summed E-state index contributed by atoms with van der Waals surface area (Å²) in [5.74, 6) is 0.376. The summed E-state index contributed by atoms with van der Waals surface area (Å²) in [5, 5.41) is 12.4. The standard InChI is InChI=1S/C19H18O/c20-19-14-13-16-10-4-5-11-17(16)18(19)12-6-9-15-7-2-1-3-8-15/h2,4-11,13-14,20H,1,3,12H2/b9-6+. The molecule has 0 radical (unpaired) electrons.